The Labute approximate surface area is 113 Å². The van der Waals surface area contributed by atoms with Crippen LogP contribution in [-0.2, 0) is 4.79 Å². The third kappa shape index (κ3) is 2.75. The van der Waals surface area contributed by atoms with E-state index < -0.39 is 0 Å². The molecule has 2 rings (SSSR count). The summed E-state index contributed by atoms with van der Waals surface area (Å²) in [7, 11) is 0. The van der Waals surface area contributed by atoms with E-state index in [-0.39, 0.29) is 17.4 Å². The zero-order valence-electron chi connectivity index (χ0n) is 11.2. The van der Waals surface area contributed by atoms with Crippen molar-refractivity contribution in [3.63, 3.8) is 0 Å². The fourth-order valence-electron chi connectivity index (χ4n) is 2.60. The summed E-state index contributed by atoms with van der Waals surface area (Å²) in [6.45, 7) is 6.09. The van der Waals surface area contributed by atoms with Gasteiger partial charge in [-0.2, -0.15) is 11.3 Å². The molecule has 18 heavy (non-hydrogen) atoms. The molecule has 1 aromatic heterocycles. The summed E-state index contributed by atoms with van der Waals surface area (Å²) in [5.74, 6) is 0.227. The summed E-state index contributed by atoms with van der Waals surface area (Å²) >= 11 is 1.67. The van der Waals surface area contributed by atoms with Gasteiger partial charge in [-0.3, -0.25) is 4.79 Å². The lowest BCUT2D eigenvalue weighted by Crippen LogP contribution is -2.47. The van der Waals surface area contributed by atoms with Crippen LogP contribution in [-0.4, -0.2) is 19.0 Å². The van der Waals surface area contributed by atoms with Gasteiger partial charge in [-0.1, -0.05) is 6.92 Å². The Hall–Kier alpha value is -0.870. The van der Waals surface area contributed by atoms with E-state index in [0.717, 1.165) is 32.4 Å². The number of rotatable bonds is 4. The summed E-state index contributed by atoms with van der Waals surface area (Å²) in [6.07, 6.45) is 2.83. The minimum Gasteiger partial charge on any atom is -0.349 e. The molecule has 100 valence electrons. The highest BCUT2D eigenvalue weighted by Gasteiger charge is 2.38. The van der Waals surface area contributed by atoms with Crippen molar-refractivity contribution in [2.75, 3.05) is 13.1 Å². The molecule has 1 atom stereocenters. The van der Waals surface area contributed by atoms with Crippen LogP contribution in [0.25, 0.3) is 0 Å². The molecule has 0 bridgehead atoms. The summed E-state index contributed by atoms with van der Waals surface area (Å²) in [5.41, 5.74) is 1.05. The molecular weight excluding hydrogens is 244 g/mol. The fraction of sp³-hybridized carbons (Fsp3) is 0.643. The average molecular weight is 266 g/mol. The quantitative estimate of drug-likeness (QED) is 0.880. The van der Waals surface area contributed by atoms with Crippen molar-refractivity contribution < 1.29 is 4.79 Å². The van der Waals surface area contributed by atoms with Crippen LogP contribution in [0.5, 0.6) is 0 Å². The Morgan fingerprint density at radius 3 is 2.83 bits per heavy atom. The van der Waals surface area contributed by atoms with Gasteiger partial charge in [-0.15, -0.1) is 0 Å². The number of carbonyl (C=O) groups excluding carboxylic acids is 1. The summed E-state index contributed by atoms with van der Waals surface area (Å²) in [6, 6.07) is 2.19. The Morgan fingerprint density at radius 1 is 1.56 bits per heavy atom. The molecule has 2 heterocycles. The van der Waals surface area contributed by atoms with E-state index in [1.807, 2.05) is 0 Å². The van der Waals surface area contributed by atoms with Gasteiger partial charge in [0.05, 0.1) is 11.5 Å². The van der Waals surface area contributed by atoms with E-state index in [9.17, 15) is 4.79 Å². The second-order valence-corrected chi connectivity index (χ2v) is 5.92. The first-order chi connectivity index (χ1) is 8.68. The highest BCUT2D eigenvalue weighted by molar-refractivity contribution is 7.07. The van der Waals surface area contributed by atoms with Crippen molar-refractivity contribution in [1.82, 2.24) is 10.6 Å². The smallest absolute Gasteiger partial charge is 0.226 e. The molecule has 0 aromatic carbocycles. The summed E-state index contributed by atoms with van der Waals surface area (Å²) < 4.78 is 0. The van der Waals surface area contributed by atoms with Gasteiger partial charge in [0.25, 0.3) is 0 Å². The first-order valence-electron chi connectivity index (χ1n) is 6.72. The molecule has 0 saturated carbocycles. The number of hydrogen-bond donors (Lipinski definition) is 2. The molecule has 1 saturated heterocycles. The monoisotopic (exact) mass is 266 g/mol. The van der Waals surface area contributed by atoms with Gasteiger partial charge in [-0.25, -0.2) is 0 Å². The zero-order chi connectivity index (χ0) is 13.0. The highest BCUT2D eigenvalue weighted by atomic mass is 32.1. The van der Waals surface area contributed by atoms with E-state index in [4.69, 9.17) is 0 Å². The Bertz CT molecular complexity index is 383. The van der Waals surface area contributed by atoms with Gasteiger partial charge >= 0.3 is 0 Å². The number of piperidine rings is 1. The number of carbonyl (C=O) groups is 1. The van der Waals surface area contributed by atoms with Crippen LogP contribution in [0.15, 0.2) is 16.8 Å². The summed E-state index contributed by atoms with van der Waals surface area (Å²) in [4.78, 5) is 12.5. The highest BCUT2D eigenvalue weighted by Crippen LogP contribution is 2.33. The first-order valence-corrected chi connectivity index (χ1v) is 7.66. The molecular formula is C14H22N2OS. The molecule has 0 aliphatic carbocycles. The predicted octanol–water partition coefficient (Wildman–Crippen LogP) is 2.71. The van der Waals surface area contributed by atoms with Crippen molar-refractivity contribution in [1.29, 1.82) is 0 Å². The van der Waals surface area contributed by atoms with E-state index in [2.05, 4.69) is 41.3 Å². The van der Waals surface area contributed by atoms with Crippen LogP contribution < -0.4 is 10.6 Å². The maximum atomic E-state index is 12.5. The zero-order valence-corrected chi connectivity index (χ0v) is 12.0. The van der Waals surface area contributed by atoms with Crippen LogP contribution in [0, 0.1) is 5.41 Å². The first kappa shape index (κ1) is 13.6. The van der Waals surface area contributed by atoms with Crippen LogP contribution >= 0.6 is 11.3 Å². The fourth-order valence-corrected chi connectivity index (χ4v) is 3.36. The van der Waals surface area contributed by atoms with E-state index in [0.29, 0.717) is 0 Å². The molecule has 3 nitrogen and oxygen atoms in total. The van der Waals surface area contributed by atoms with Crippen LogP contribution in [0.1, 0.15) is 44.7 Å². The van der Waals surface area contributed by atoms with Crippen LogP contribution in [0.2, 0.25) is 0 Å². The van der Waals surface area contributed by atoms with Crippen molar-refractivity contribution in [3.8, 4) is 0 Å². The standard InChI is InChI=1S/C14H22N2OS/c1-3-14(5-7-15-8-6-14)13(17)16-11(2)12-4-9-18-10-12/h4,9-11,15H,3,5-8H2,1-2H3,(H,16,17). The van der Waals surface area contributed by atoms with Gasteiger partial charge in [0.2, 0.25) is 5.91 Å². The SMILES string of the molecule is CCC1(C(=O)NC(C)c2ccsc2)CCNCC1. The molecule has 0 radical (unpaired) electrons. The molecule has 1 unspecified atom stereocenters. The van der Waals surface area contributed by atoms with Crippen molar-refractivity contribution in [2.24, 2.45) is 5.41 Å². The lowest BCUT2D eigenvalue weighted by molar-refractivity contribution is -0.133. The Morgan fingerprint density at radius 2 is 2.28 bits per heavy atom. The van der Waals surface area contributed by atoms with Gasteiger partial charge in [-0.05, 0) is 61.7 Å². The largest absolute Gasteiger partial charge is 0.349 e. The van der Waals surface area contributed by atoms with Gasteiger partial charge in [0, 0.05) is 0 Å². The number of hydrogen-bond acceptors (Lipinski definition) is 3. The predicted molar refractivity (Wildman–Crippen MR) is 75.7 cm³/mol. The minimum atomic E-state index is -0.157. The molecule has 1 aromatic rings. The van der Waals surface area contributed by atoms with Crippen molar-refractivity contribution in [2.45, 2.75) is 39.2 Å². The normalized spacial score (nSPS) is 20.3. The third-order valence-electron chi connectivity index (χ3n) is 4.11. The van der Waals surface area contributed by atoms with E-state index in [1.54, 1.807) is 11.3 Å². The third-order valence-corrected chi connectivity index (χ3v) is 4.81. The molecule has 1 fully saturated rings. The molecule has 1 aliphatic heterocycles. The Kier molecular flexibility index (Phi) is 4.40. The van der Waals surface area contributed by atoms with Gasteiger partial charge < -0.3 is 10.6 Å². The topological polar surface area (TPSA) is 41.1 Å². The van der Waals surface area contributed by atoms with Crippen molar-refractivity contribution >= 4 is 17.2 Å². The van der Waals surface area contributed by atoms with E-state index >= 15 is 0 Å². The molecule has 4 heteroatoms. The summed E-state index contributed by atoms with van der Waals surface area (Å²) in [5, 5.41) is 10.7. The average Bonchev–Trinajstić information content (AvgIpc) is 2.93. The number of amides is 1. The van der Waals surface area contributed by atoms with Crippen LogP contribution in [0.3, 0.4) is 0 Å². The Balaban J connectivity index is 2.01. The minimum absolute atomic E-state index is 0.113. The van der Waals surface area contributed by atoms with Gasteiger partial charge in [0.15, 0.2) is 0 Å². The second-order valence-electron chi connectivity index (χ2n) is 5.14. The lowest BCUT2D eigenvalue weighted by Gasteiger charge is -2.36. The van der Waals surface area contributed by atoms with E-state index in [1.165, 1.54) is 5.56 Å². The maximum absolute atomic E-state index is 12.5. The number of nitrogens with one attached hydrogen (secondary N) is 2. The molecule has 2 N–H and O–H groups in total. The maximum Gasteiger partial charge on any atom is 0.226 e. The van der Waals surface area contributed by atoms with Gasteiger partial charge in [0.1, 0.15) is 0 Å². The molecule has 1 amide bonds. The lowest BCUT2D eigenvalue weighted by atomic mass is 9.75. The molecule has 1 aliphatic rings. The van der Waals surface area contributed by atoms with Crippen LogP contribution in [0.4, 0.5) is 0 Å². The number of thiophene rings is 1. The molecule has 0 spiro atoms. The van der Waals surface area contributed by atoms with Crippen molar-refractivity contribution in [3.05, 3.63) is 22.4 Å². The second kappa shape index (κ2) is 5.85.